The van der Waals surface area contributed by atoms with E-state index in [1.54, 1.807) is 29.0 Å². The molecule has 1 aliphatic rings. The van der Waals surface area contributed by atoms with Crippen LogP contribution >= 0.6 is 34.3 Å². The first-order valence-corrected chi connectivity index (χ1v) is 11.0. The van der Waals surface area contributed by atoms with Crippen LogP contribution in [0.2, 0.25) is 5.02 Å². The van der Waals surface area contributed by atoms with Gasteiger partial charge in [0, 0.05) is 42.0 Å². The topological polar surface area (TPSA) is 32.3 Å². The van der Waals surface area contributed by atoms with Crippen molar-refractivity contribution in [3.05, 3.63) is 58.5 Å². The summed E-state index contributed by atoms with van der Waals surface area (Å²) in [6.45, 7) is 3.68. The Morgan fingerprint density at radius 2 is 1.70 bits per heavy atom. The number of rotatable bonds is 3. The molecule has 4 heterocycles. The standard InChI is InChI=1S/C20H17ClN4S2/c21-15-4-1-2-5-16(15)24-7-9-25(10-8-24)19-18-14(17-6-3-11-26-17)12-27-20(18)23-13-22-19/h1-6,11-13H,7-10H2. The molecule has 0 radical (unpaired) electrons. The molecule has 7 heteroatoms. The maximum Gasteiger partial charge on any atom is 0.141 e. The van der Waals surface area contributed by atoms with Crippen molar-refractivity contribution >= 4 is 56.0 Å². The molecule has 0 amide bonds. The fraction of sp³-hybridized carbons (Fsp3) is 0.200. The normalized spacial score (nSPS) is 14.9. The molecule has 3 aromatic heterocycles. The van der Waals surface area contributed by atoms with Crippen molar-refractivity contribution in [3.63, 3.8) is 0 Å². The van der Waals surface area contributed by atoms with E-state index in [4.69, 9.17) is 11.6 Å². The van der Waals surface area contributed by atoms with Gasteiger partial charge in [-0.15, -0.1) is 22.7 Å². The highest BCUT2D eigenvalue weighted by Gasteiger charge is 2.23. The summed E-state index contributed by atoms with van der Waals surface area (Å²) < 4.78 is 0. The maximum absolute atomic E-state index is 6.38. The Balaban J connectivity index is 1.46. The number of hydrogen-bond donors (Lipinski definition) is 0. The number of anilines is 2. The first kappa shape index (κ1) is 17.0. The number of hydrogen-bond acceptors (Lipinski definition) is 6. The Kier molecular flexibility index (Phi) is 4.47. The van der Waals surface area contributed by atoms with Gasteiger partial charge in [0.15, 0.2) is 0 Å². The van der Waals surface area contributed by atoms with E-state index in [1.807, 2.05) is 18.2 Å². The lowest BCUT2D eigenvalue weighted by Gasteiger charge is -2.37. The zero-order valence-electron chi connectivity index (χ0n) is 14.5. The van der Waals surface area contributed by atoms with Crippen LogP contribution in [0, 0.1) is 0 Å². The van der Waals surface area contributed by atoms with E-state index in [0.29, 0.717) is 0 Å². The second kappa shape index (κ2) is 7.11. The summed E-state index contributed by atoms with van der Waals surface area (Å²) in [5.74, 6) is 1.04. The first-order chi connectivity index (χ1) is 13.3. The first-order valence-electron chi connectivity index (χ1n) is 8.82. The number of thiophene rings is 2. The van der Waals surface area contributed by atoms with Gasteiger partial charge in [0.25, 0.3) is 0 Å². The van der Waals surface area contributed by atoms with E-state index in [9.17, 15) is 0 Å². The van der Waals surface area contributed by atoms with Gasteiger partial charge in [0.2, 0.25) is 0 Å². The zero-order valence-corrected chi connectivity index (χ0v) is 16.9. The Bertz CT molecular complexity index is 1070. The van der Waals surface area contributed by atoms with Crippen molar-refractivity contribution in [3.8, 4) is 10.4 Å². The van der Waals surface area contributed by atoms with Crippen molar-refractivity contribution in [1.82, 2.24) is 9.97 Å². The van der Waals surface area contributed by atoms with Crippen molar-refractivity contribution in [2.45, 2.75) is 0 Å². The minimum Gasteiger partial charge on any atom is -0.367 e. The summed E-state index contributed by atoms with van der Waals surface area (Å²) in [7, 11) is 0. The van der Waals surface area contributed by atoms with Crippen LogP contribution in [0.3, 0.4) is 0 Å². The maximum atomic E-state index is 6.38. The van der Waals surface area contributed by atoms with Crippen LogP contribution < -0.4 is 9.80 Å². The molecule has 0 aliphatic carbocycles. The molecule has 27 heavy (non-hydrogen) atoms. The predicted octanol–water partition coefficient (Wildman–Crippen LogP) is 5.40. The number of aromatic nitrogens is 2. The van der Waals surface area contributed by atoms with Gasteiger partial charge in [0.1, 0.15) is 17.0 Å². The Morgan fingerprint density at radius 3 is 2.48 bits per heavy atom. The molecular formula is C20H17ClN4S2. The van der Waals surface area contributed by atoms with Gasteiger partial charge in [-0.25, -0.2) is 9.97 Å². The molecule has 5 rings (SSSR count). The summed E-state index contributed by atoms with van der Waals surface area (Å²) >= 11 is 9.83. The van der Waals surface area contributed by atoms with E-state index in [2.05, 4.69) is 48.7 Å². The molecular weight excluding hydrogens is 396 g/mol. The van der Waals surface area contributed by atoms with Crippen LogP contribution in [0.15, 0.2) is 53.5 Å². The van der Waals surface area contributed by atoms with Crippen molar-refractivity contribution in [2.24, 2.45) is 0 Å². The van der Waals surface area contributed by atoms with Gasteiger partial charge in [-0.05, 0) is 23.6 Å². The van der Waals surface area contributed by atoms with E-state index < -0.39 is 0 Å². The lowest BCUT2D eigenvalue weighted by molar-refractivity contribution is 0.649. The highest BCUT2D eigenvalue weighted by Crippen LogP contribution is 2.40. The second-order valence-corrected chi connectivity index (χ2v) is 8.64. The van der Waals surface area contributed by atoms with Gasteiger partial charge in [-0.2, -0.15) is 0 Å². The lowest BCUT2D eigenvalue weighted by atomic mass is 10.1. The average molecular weight is 413 g/mol. The van der Waals surface area contributed by atoms with Crippen LogP contribution in [0.1, 0.15) is 0 Å². The number of piperazine rings is 1. The van der Waals surface area contributed by atoms with Crippen LogP contribution in [0.4, 0.5) is 11.5 Å². The predicted molar refractivity (Wildman–Crippen MR) is 117 cm³/mol. The SMILES string of the molecule is Clc1ccccc1N1CCN(c2ncnc3scc(-c4cccs4)c23)CC1. The van der Waals surface area contributed by atoms with Gasteiger partial charge < -0.3 is 9.80 Å². The molecule has 0 atom stereocenters. The lowest BCUT2D eigenvalue weighted by Crippen LogP contribution is -2.47. The number of benzene rings is 1. The van der Waals surface area contributed by atoms with Crippen LogP contribution in [-0.2, 0) is 0 Å². The molecule has 1 aromatic carbocycles. The van der Waals surface area contributed by atoms with Crippen molar-refractivity contribution in [2.75, 3.05) is 36.0 Å². The highest BCUT2D eigenvalue weighted by atomic mass is 35.5. The van der Waals surface area contributed by atoms with Gasteiger partial charge in [0.05, 0.1) is 16.1 Å². The third-order valence-electron chi connectivity index (χ3n) is 4.91. The van der Waals surface area contributed by atoms with E-state index >= 15 is 0 Å². The fourth-order valence-corrected chi connectivity index (χ4v) is 5.56. The van der Waals surface area contributed by atoms with Gasteiger partial charge in [-0.1, -0.05) is 29.8 Å². The van der Waals surface area contributed by atoms with Crippen LogP contribution in [0.5, 0.6) is 0 Å². The number of para-hydroxylation sites is 1. The molecule has 0 bridgehead atoms. The summed E-state index contributed by atoms with van der Waals surface area (Å²) in [6.07, 6.45) is 1.69. The van der Waals surface area contributed by atoms with Gasteiger partial charge in [-0.3, -0.25) is 0 Å². The second-order valence-electron chi connectivity index (χ2n) is 6.43. The number of nitrogens with zero attached hydrogens (tertiary/aromatic N) is 4. The quantitative estimate of drug-likeness (QED) is 0.451. The molecule has 4 aromatic rings. The molecule has 0 saturated carbocycles. The molecule has 0 spiro atoms. The molecule has 0 N–H and O–H groups in total. The van der Waals surface area contributed by atoms with Gasteiger partial charge >= 0.3 is 0 Å². The number of halogens is 1. The largest absolute Gasteiger partial charge is 0.367 e. The average Bonchev–Trinajstić information content (AvgIpc) is 3.38. The zero-order chi connectivity index (χ0) is 18.2. The Morgan fingerprint density at radius 1 is 0.889 bits per heavy atom. The highest BCUT2D eigenvalue weighted by molar-refractivity contribution is 7.18. The number of fused-ring (bicyclic) bond motifs is 1. The third-order valence-corrected chi connectivity index (χ3v) is 7.02. The van der Waals surface area contributed by atoms with Crippen molar-refractivity contribution < 1.29 is 0 Å². The monoisotopic (exact) mass is 412 g/mol. The summed E-state index contributed by atoms with van der Waals surface area (Å²) in [5.41, 5.74) is 2.36. The molecule has 1 saturated heterocycles. The summed E-state index contributed by atoms with van der Waals surface area (Å²) in [6, 6.07) is 12.3. The third kappa shape index (κ3) is 3.08. The molecule has 1 fully saturated rings. The van der Waals surface area contributed by atoms with E-state index in [-0.39, 0.29) is 0 Å². The summed E-state index contributed by atoms with van der Waals surface area (Å²) in [4.78, 5) is 16.2. The van der Waals surface area contributed by atoms with Crippen molar-refractivity contribution in [1.29, 1.82) is 0 Å². The summed E-state index contributed by atoms with van der Waals surface area (Å²) in [5, 5.41) is 6.31. The molecule has 136 valence electrons. The smallest absolute Gasteiger partial charge is 0.141 e. The Hall–Kier alpha value is -2.15. The minimum absolute atomic E-state index is 0.813. The molecule has 0 unspecified atom stereocenters. The minimum atomic E-state index is 0.813. The fourth-order valence-electron chi connectivity index (χ4n) is 3.58. The van der Waals surface area contributed by atoms with E-state index in [1.165, 1.54) is 15.8 Å². The van der Waals surface area contributed by atoms with Crippen LogP contribution in [0.25, 0.3) is 20.7 Å². The molecule has 1 aliphatic heterocycles. The Labute approximate surface area is 170 Å². The van der Waals surface area contributed by atoms with E-state index in [0.717, 1.165) is 47.5 Å². The molecule has 4 nitrogen and oxygen atoms in total. The van der Waals surface area contributed by atoms with Crippen LogP contribution in [-0.4, -0.2) is 36.1 Å².